The maximum Gasteiger partial charge on any atom is 0.151 e. The summed E-state index contributed by atoms with van der Waals surface area (Å²) in [6, 6.07) is 0. The molecular formula is C8H9ClN2O. The third-order valence-electron chi connectivity index (χ3n) is 1.20. The van der Waals surface area contributed by atoms with Gasteiger partial charge in [0.2, 0.25) is 0 Å². The van der Waals surface area contributed by atoms with Gasteiger partial charge in [0.05, 0.1) is 5.02 Å². The zero-order valence-electron chi connectivity index (χ0n) is 6.44. The van der Waals surface area contributed by atoms with Crippen molar-refractivity contribution in [3.05, 3.63) is 29.3 Å². The van der Waals surface area contributed by atoms with Crippen LogP contribution < -0.4 is 0 Å². The second kappa shape index (κ2) is 4.85. The van der Waals surface area contributed by atoms with Crippen molar-refractivity contribution in [1.29, 1.82) is 0 Å². The first kappa shape index (κ1) is 9.16. The van der Waals surface area contributed by atoms with E-state index in [-0.39, 0.29) is 6.61 Å². The third-order valence-corrected chi connectivity index (χ3v) is 1.40. The summed E-state index contributed by atoms with van der Waals surface area (Å²) >= 11 is 5.58. The first-order chi connectivity index (χ1) is 5.83. The number of hydrogen-bond acceptors (Lipinski definition) is 3. The molecule has 0 spiro atoms. The molecule has 0 atom stereocenters. The van der Waals surface area contributed by atoms with Crippen molar-refractivity contribution in [2.45, 2.75) is 6.42 Å². The fraction of sp³-hybridized carbons (Fsp3) is 0.250. The Balaban J connectivity index is 2.58. The summed E-state index contributed by atoms with van der Waals surface area (Å²) in [5.74, 6) is 0.604. The number of aliphatic hydroxyl groups is 1. The van der Waals surface area contributed by atoms with Crippen LogP contribution in [0, 0.1) is 0 Å². The Labute approximate surface area is 75.7 Å². The fourth-order valence-corrected chi connectivity index (χ4v) is 0.769. The summed E-state index contributed by atoms with van der Waals surface area (Å²) in [6.07, 6.45) is 7.24. The van der Waals surface area contributed by atoms with E-state index in [9.17, 15) is 0 Å². The molecule has 3 nitrogen and oxygen atoms in total. The van der Waals surface area contributed by atoms with Gasteiger partial charge in [-0.25, -0.2) is 9.97 Å². The highest BCUT2D eigenvalue weighted by atomic mass is 35.5. The van der Waals surface area contributed by atoms with Gasteiger partial charge in [0.15, 0.2) is 5.82 Å². The standard InChI is InChI=1S/C8H9ClN2O/c9-7-5-10-8(11-6-7)3-1-2-4-12/h1,3,5-6,12H,2,4H2. The fourth-order valence-electron chi connectivity index (χ4n) is 0.672. The van der Waals surface area contributed by atoms with Gasteiger partial charge in [-0.15, -0.1) is 0 Å². The Morgan fingerprint density at radius 3 is 2.67 bits per heavy atom. The number of aromatic nitrogens is 2. The predicted molar refractivity (Wildman–Crippen MR) is 47.8 cm³/mol. The molecular weight excluding hydrogens is 176 g/mol. The van der Waals surface area contributed by atoms with Gasteiger partial charge in [-0.1, -0.05) is 17.7 Å². The Bertz CT molecular complexity index is 258. The maximum atomic E-state index is 8.48. The Kier molecular flexibility index (Phi) is 3.70. The molecule has 0 aliphatic rings. The second-order valence-corrected chi connectivity index (χ2v) is 2.61. The molecule has 0 unspecified atom stereocenters. The van der Waals surface area contributed by atoms with Crippen LogP contribution in [0.4, 0.5) is 0 Å². The molecule has 1 rings (SSSR count). The van der Waals surface area contributed by atoms with Gasteiger partial charge in [0.1, 0.15) is 0 Å². The lowest BCUT2D eigenvalue weighted by atomic mass is 10.4. The van der Waals surface area contributed by atoms with Crippen LogP contribution in [0.3, 0.4) is 0 Å². The van der Waals surface area contributed by atoms with Crippen LogP contribution in [0.2, 0.25) is 5.02 Å². The summed E-state index contributed by atoms with van der Waals surface area (Å²) in [4.78, 5) is 7.88. The summed E-state index contributed by atoms with van der Waals surface area (Å²) in [7, 11) is 0. The van der Waals surface area contributed by atoms with Crippen molar-refractivity contribution in [2.24, 2.45) is 0 Å². The quantitative estimate of drug-likeness (QED) is 0.775. The number of rotatable bonds is 3. The predicted octanol–water partition coefficient (Wildman–Crippen LogP) is 1.53. The van der Waals surface area contributed by atoms with Crippen LogP contribution in [0.5, 0.6) is 0 Å². The van der Waals surface area contributed by atoms with Crippen molar-refractivity contribution >= 4 is 17.7 Å². The highest BCUT2D eigenvalue weighted by molar-refractivity contribution is 6.30. The summed E-state index contributed by atoms with van der Waals surface area (Å²) in [5.41, 5.74) is 0. The van der Waals surface area contributed by atoms with E-state index < -0.39 is 0 Å². The van der Waals surface area contributed by atoms with Gasteiger partial charge < -0.3 is 5.11 Å². The molecule has 0 saturated carbocycles. The average molecular weight is 185 g/mol. The molecule has 1 aromatic rings. The topological polar surface area (TPSA) is 46.0 Å². The molecule has 64 valence electrons. The zero-order valence-corrected chi connectivity index (χ0v) is 7.20. The minimum absolute atomic E-state index is 0.143. The average Bonchev–Trinajstić information content (AvgIpc) is 2.09. The van der Waals surface area contributed by atoms with Gasteiger partial charge in [-0.2, -0.15) is 0 Å². The normalized spacial score (nSPS) is 10.8. The lowest BCUT2D eigenvalue weighted by Crippen LogP contribution is -1.85. The summed E-state index contributed by atoms with van der Waals surface area (Å²) < 4.78 is 0. The molecule has 0 saturated heterocycles. The number of aliphatic hydroxyl groups excluding tert-OH is 1. The van der Waals surface area contributed by atoms with E-state index in [0.29, 0.717) is 17.3 Å². The monoisotopic (exact) mass is 184 g/mol. The Hall–Kier alpha value is -0.930. The van der Waals surface area contributed by atoms with Crippen molar-refractivity contribution in [3.8, 4) is 0 Å². The van der Waals surface area contributed by atoms with E-state index in [1.54, 1.807) is 6.08 Å². The van der Waals surface area contributed by atoms with Crippen molar-refractivity contribution in [3.63, 3.8) is 0 Å². The SMILES string of the molecule is OCCC=Cc1ncc(Cl)cn1. The van der Waals surface area contributed by atoms with Gasteiger partial charge in [0, 0.05) is 19.0 Å². The van der Waals surface area contributed by atoms with Gasteiger partial charge in [0.25, 0.3) is 0 Å². The molecule has 1 N–H and O–H groups in total. The van der Waals surface area contributed by atoms with Gasteiger partial charge in [-0.3, -0.25) is 0 Å². The first-order valence-electron chi connectivity index (χ1n) is 3.58. The van der Waals surface area contributed by atoms with Crippen LogP contribution in [-0.2, 0) is 0 Å². The van der Waals surface area contributed by atoms with Crippen molar-refractivity contribution in [2.75, 3.05) is 6.61 Å². The largest absolute Gasteiger partial charge is 0.396 e. The Morgan fingerprint density at radius 2 is 2.08 bits per heavy atom. The lowest BCUT2D eigenvalue weighted by Gasteiger charge is -1.90. The molecule has 0 bridgehead atoms. The number of nitrogens with zero attached hydrogens (tertiary/aromatic N) is 2. The first-order valence-corrected chi connectivity index (χ1v) is 3.95. The zero-order chi connectivity index (χ0) is 8.81. The van der Waals surface area contributed by atoms with Crippen LogP contribution in [-0.4, -0.2) is 21.7 Å². The van der Waals surface area contributed by atoms with E-state index >= 15 is 0 Å². The van der Waals surface area contributed by atoms with Crippen molar-refractivity contribution in [1.82, 2.24) is 9.97 Å². The molecule has 0 aromatic carbocycles. The number of halogens is 1. The van der Waals surface area contributed by atoms with E-state index in [2.05, 4.69) is 9.97 Å². The molecule has 0 fully saturated rings. The molecule has 0 aliphatic carbocycles. The van der Waals surface area contributed by atoms with Crippen LogP contribution >= 0.6 is 11.6 Å². The molecule has 0 aliphatic heterocycles. The highest BCUT2D eigenvalue weighted by Gasteiger charge is 1.89. The maximum absolute atomic E-state index is 8.48. The molecule has 0 radical (unpaired) electrons. The third kappa shape index (κ3) is 2.98. The van der Waals surface area contributed by atoms with E-state index in [1.807, 2.05) is 6.08 Å². The smallest absolute Gasteiger partial charge is 0.151 e. The second-order valence-electron chi connectivity index (χ2n) is 2.17. The van der Waals surface area contributed by atoms with Gasteiger partial charge in [-0.05, 0) is 12.5 Å². The lowest BCUT2D eigenvalue weighted by molar-refractivity contribution is 0.303. The molecule has 12 heavy (non-hydrogen) atoms. The minimum Gasteiger partial charge on any atom is -0.396 e. The summed E-state index contributed by atoms with van der Waals surface area (Å²) in [6.45, 7) is 0.143. The van der Waals surface area contributed by atoms with E-state index in [0.717, 1.165) is 0 Å². The van der Waals surface area contributed by atoms with Gasteiger partial charge >= 0.3 is 0 Å². The van der Waals surface area contributed by atoms with E-state index in [4.69, 9.17) is 16.7 Å². The van der Waals surface area contributed by atoms with Crippen LogP contribution in [0.1, 0.15) is 12.2 Å². The van der Waals surface area contributed by atoms with Crippen LogP contribution in [0.25, 0.3) is 6.08 Å². The minimum atomic E-state index is 0.143. The summed E-state index contributed by atoms with van der Waals surface area (Å²) in [5, 5.41) is 9.00. The number of hydrogen-bond donors (Lipinski definition) is 1. The van der Waals surface area contributed by atoms with Crippen LogP contribution in [0.15, 0.2) is 18.5 Å². The molecule has 1 heterocycles. The molecule has 0 amide bonds. The molecule has 1 aromatic heterocycles. The highest BCUT2D eigenvalue weighted by Crippen LogP contribution is 2.03. The molecule has 4 heteroatoms. The van der Waals surface area contributed by atoms with Crippen molar-refractivity contribution < 1.29 is 5.11 Å². The Morgan fingerprint density at radius 1 is 1.42 bits per heavy atom. The van der Waals surface area contributed by atoms with E-state index in [1.165, 1.54) is 12.4 Å².